The minimum absolute atomic E-state index is 0.0610. The van der Waals surface area contributed by atoms with E-state index in [1.54, 1.807) is 18.4 Å². The normalized spacial score (nSPS) is 24.2. The van der Waals surface area contributed by atoms with Crippen molar-refractivity contribution in [3.05, 3.63) is 64.7 Å². The van der Waals surface area contributed by atoms with Gasteiger partial charge in [0.05, 0.1) is 12.9 Å². The van der Waals surface area contributed by atoms with Crippen LogP contribution in [0.15, 0.2) is 41.0 Å². The molecule has 7 nitrogen and oxygen atoms in total. The number of ketones is 1. The van der Waals surface area contributed by atoms with Crippen LogP contribution in [0, 0.1) is 17.7 Å². The molecule has 1 aromatic heterocycles. The lowest BCUT2D eigenvalue weighted by molar-refractivity contribution is -0.136. The van der Waals surface area contributed by atoms with E-state index in [0.29, 0.717) is 38.8 Å². The highest BCUT2D eigenvalue weighted by atomic mass is 19.1. The molecule has 2 unspecified atom stereocenters. The number of rotatable bonds is 5. The van der Waals surface area contributed by atoms with Gasteiger partial charge in [-0.05, 0) is 76.2 Å². The van der Waals surface area contributed by atoms with E-state index >= 15 is 0 Å². The van der Waals surface area contributed by atoms with Gasteiger partial charge in [-0.2, -0.15) is 0 Å². The molecule has 3 aliphatic heterocycles. The molecule has 40 heavy (non-hydrogen) atoms. The van der Waals surface area contributed by atoms with E-state index in [0.717, 1.165) is 72.2 Å². The number of fused-ring (bicyclic) bond motifs is 5. The Labute approximate surface area is 232 Å². The van der Waals surface area contributed by atoms with Gasteiger partial charge in [0.2, 0.25) is 11.8 Å². The van der Waals surface area contributed by atoms with Crippen molar-refractivity contribution < 1.29 is 27.9 Å². The Bertz CT molecular complexity index is 1520. The minimum Gasteiger partial charge on any atom is -0.492 e. The number of hydrogen-bond acceptors (Lipinski definition) is 6. The van der Waals surface area contributed by atoms with Crippen LogP contribution in [0.2, 0.25) is 0 Å². The summed E-state index contributed by atoms with van der Waals surface area (Å²) in [5, 5.41) is 3.21. The van der Waals surface area contributed by atoms with Crippen molar-refractivity contribution in [3.63, 3.8) is 0 Å². The first kappa shape index (κ1) is 25.4. The van der Waals surface area contributed by atoms with Crippen molar-refractivity contribution in [2.45, 2.75) is 63.3 Å². The van der Waals surface area contributed by atoms with Crippen LogP contribution in [0.4, 0.5) is 4.39 Å². The molecule has 8 heteroatoms. The third-order valence-corrected chi connectivity index (χ3v) is 9.72. The third-order valence-electron chi connectivity index (χ3n) is 9.72. The lowest BCUT2D eigenvalue weighted by Crippen LogP contribution is -2.43. The fourth-order valence-electron chi connectivity index (χ4n) is 7.37. The molecule has 1 N–H and O–H groups in total. The number of Topliss-reactive ketones (excluding diaryl/α,β-unsaturated/α-hetero) is 1. The van der Waals surface area contributed by atoms with Crippen molar-refractivity contribution in [2.24, 2.45) is 11.8 Å². The number of benzene rings is 2. The fourth-order valence-corrected chi connectivity index (χ4v) is 7.37. The van der Waals surface area contributed by atoms with Gasteiger partial charge in [0.25, 0.3) is 0 Å². The molecule has 2 saturated heterocycles. The highest BCUT2D eigenvalue weighted by molar-refractivity contribution is 6.01. The van der Waals surface area contributed by atoms with Crippen molar-refractivity contribution in [1.29, 1.82) is 0 Å². The zero-order chi connectivity index (χ0) is 27.4. The Morgan fingerprint density at radius 3 is 2.62 bits per heavy atom. The molecule has 208 valence electrons. The van der Waals surface area contributed by atoms with Crippen molar-refractivity contribution >= 4 is 28.6 Å². The van der Waals surface area contributed by atoms with Crippen LogP contribution in [-0.4, -0.2) is 42.2 Å². The topological polar surface area (TPSA) is 88.8 Å². The summed E-state index contributed by atoms with van der Waals surface area (Å²) in [4.78, 5) is 39.4. The molecule has 4 heterocycles. The predicted octanol–water partition coefficient (Wildman–Crippen LogP) is 5.08. The zero-order valence-electron chi connectivity index (χ0n) is 22.5. The van der Waals surface area contributed by atoms with E-state index in [2.05, 4.69) is 16.3 Å². The molecule has 0 radical (unpaired) electrons. The summed E-state index contributed by atoms with van der Waals surface area (Å²) in [7, 11) is 0. The summed E-state index contributed by atoms with van der Waals surface area (Å²) in [5.74, 6) is 0.120. The largest absolute Gasteiger partial charge is 0.492 e. The first-order valence-corrected chi connectivity index (χ1v) is 14.5. The van der Waals surface area contributed by atoms with E-state index in [-0.39, 0.29) is 40.7 Å². The maximum Gasteiger partial charge on any atom is 0.229 e. The van der Waals surface area contributed by atoms with E-state index < -0.39 is 0 Å². The van der Waals surface area contributed by atoms with Crippen molar-refractivity contribution in [1.82, 2.24) is 10.2 Å². The molecule has 2 fully saturated rings. The summed E-state index contributed by atoms with van der Waals surface area (Å²) >= 11 is 0. The number of amides is 2. The molecular formula is C32H33FN2O5. The smallest absolute Gasteiger partial charge is 0.229 e. The number of carbonyl (C=O) groups excluding carboxylic acids is 3. The number of nitrogens with one attached hydrogen (secondary N) is 1. The van der Waals surface area contributed by atoms with Crippen LogP contribution in [0.1, 0.15) is 72.0 Å². The number of likely N-dealkylation sites (tertiary alicyclic amines) is 1. The van der Waals surface area contributed by atoms with E-state index in [4.69, 9.17) is 9.15 Å². The third kappa shape index (κ3) is 4.33. The number of piperidine rings is 2. The number of halogens is 1. The molecule has 0 bridgehead atoms. The standard InChI is InChI=1S/C32H33FN2O5/c33-23-15-21-9-14-39-29(21)22(16-23)17-35-12-10-32(11-13-35)18-40-30-25-5-3-19(28(37)24(25)6-7-26(30)32)1-2-20-4-8-27(36)34-31(20)38/h6-7,9,14-16,19-20H,1-5,8,10-13,17-18H2,(H,34,36,38). The van der Waals surface area contributed by atoms with Gasteiger partial charge in [-0.1, -0.05) is 12.1 Å². The second kappa shape index (κ2) is 9.84. The van der Waals surface area contributed by atoms with Crippen molar-refractivity contribution in [3.8, 4) is 5.75 Å². The first-order valence-electron chi connectivity index (χ1n) is 14.5. The fraction of sp³-hybridized carbons (Fsp3) is 0.469. The maximum absolute atomic E-state index is 14.2. The first-order chi connectivity index (χ1) is 19.4. The molecule has 2 amide bonds. The Morgan fingerprint density at radius 1 is 1.00 bits per heavy atom. The van der Waals surface area contributed by atoms with Crippen LogP contribution in [0.25, 0.3) is 11.0 Å². The van der Waals surface area contributed by atoms with E-state index in [9.17, 15) is 18.8 Å². The molecule has 2 aromatic carbocycles. The van der Waals surface area contributed by atoms with Gasteiger partial charge in [0.1, 0.15) is 17.1 Å². The minimum atomic E-state index is -0.243. The number of imide groups is 1. The number of carbonyl (C=O) groups is 3. The van der Waals surface area contributed by atoms with Gasteiger partial charge in [-0.3, -0.25) is 24.6 Å². The molecule has 2 atom stereocenters. The average Bonchev–Trinajstić information content (AvgIpc) is 3.56. The van der Waals surface area contributed by atoms with Crippen LogP contribution < -0.4 is 10.1 Å². The zero-order valence-corrected chi connectivity index (χ0v) is 22.5. The Hall–Kier alpha value is -3.52. The molecule has 1 aliphatic carbocycles. The number of hydrogen-bond donors (Lipinski definition) is 1. The Kier molecular flexibility index (Phi) is 6.26. The quantitative estimate of drug-likeness (QED) is 0.451. The SMILES string of the molecule is O=C1CCC(CCC2CCc3c(ccc4c3OCC43CCN(Cc4cc(F)cc5ccoc45)CC3)C2=O)C(=O)N1. The molecule has 0 saturated carbocycles. The molecule has 7 rings (SSSR count). The predicted molar refractivity (Wildman–Crippen MR) is 146 cm³/mol. The average molecular weight is 545 g/mol. The summed E-state index contributed by atoms with van der Waals surface area (Å²) in [6.45, 7) is 3.02. The van der Waals surface area contributed by atoms with E-state index in [1.807, 2.05) is 6.07 Å². The van der Waals surface area contributed by atoms with Gasteiger partial charge in [-0.15, -0.1) is 0 Å². The lowest BCUT2D eigenvalue weighted by Gasteiger charge is -2.38. The van der Waals surface area contributed by atoms with Gasteiger partial charge in [-0.25, -0.2) is 4.39 Å². The van der Waals surface area contributed by atoms with Gasteiger partial charge < -0.3 is 9.15 Å². The van der Waals surface area contributed by atoms with Gasteiger partial charge >= 0.3 is 0 Å². The highest BCUT2D eigenvalue weighted by Gasteiger charge is 2.45. The van der Waals surface area contributed by atoms with E-state index in [1.165, 1.54) is 11.6 Å². The van der Waals surface area contributed by atoms with Crippen LogP contribution in [0.3, 0.4) is 0 Å². The van der Waals surface area contributed by atoms with Crippen LogP contribution >= 0.6 is 0 Å². The van der Waals surface area contributed by atoms with Crippen LogP contribution in [0.5, 0.6) is 5.75 Å². The summed E-state index contributed by atoms with van der Waals surface area (Å²) < 4.78 is 26.1. The molecule has 4 aliphatic rings. The number of ether oxygens (including phenoxy) is 1. The Balaban J connectivity index is 1.03. The second-order valence-electron chi connectivity index (χ2n) is 12.0. The number of nitrogens with zero attached hydrogens (tertiary/aromatic N) is 1. The summed E-state index contributed by atoms with van der Waals surface area (Å²) in [5.41, 5.74) is 4.59. The van der Waals surface area contributed by atoms with Crippen molar-refractivity contribution in [2.75, 3.05) is 19.7 Å². The second-order valence-corrected chi connectivity index (χ2v) is 12.0. The highest BCUT2D eigenvalue weighted by Crippen LogP contribution is 2.49. The monoisotopic (exact) mass is 544 g/mol. The summed E-state index contributed by atoms with van der Waals surface area (Å²) in [6.07, 6.45) is 7.29. The number of furan rings is 1. The molecule has 3 aromatic rings. The molecule has 1 spiro atoms. The Morgan fingerprint density at radius 2 is 1.80 bits per heavy atom. The molecular weight excluding hydrogens is 511 g/mol. The maximum atomic E-state index is 14.2. The lowest BCUT2D eigenvalue weighted by atomic mass is 9.72. The van der Waals surface area contributed by atoms with Gasteiger partial charge in [0.15, 0.2) is 5.78 Å². The summed E-state index contributed by atoms with van der Waals surface area (Å²) in [6, 6.07) is 8.98. The van der Waals surface area contributed by atoms with Gasteiger partial charge in [0, 0.05) is 57.9 Å². The van der Waals surface area contributed by atoms with Crippen LogP contribution in [-0.2, 0) is 28.0 Å².